The summed E-state index contributed by atoms with van der Waals surface area (Å²) in [7, 11) is -3.62. The SMILES string of the molecule is CCCN1C(SCc2ccccc2)=NS(=O)(=O)c2ccccc21. The van der Waals surface area contributed by atoms with E-state index in [2.05, 4.69) is 11.3 Å². The molecule has 0 radical (unpaired) electrons. The number of benzene rings is 2. The summed E-state index contributed by atoms with van der Waals surface area (Å²) in [6.45, 7) is 2.82. The molecule has 0 aliphatic carbocycles. The van der Waals surface area contributed by atoms with Gasteiger partial charge in [-0.05, 0) is 24.1 Å². The molecule has 0 N–H and O–H groups in total. The second-order valence-electron chi connectivity index (χ2n) is 5.24. The number of rotatable bonds is 4. The maximum Gasteiger partial charge on any atom is 0.286 e. The van der Waals surface area contributed by atoms with E-state index in [9.17, 15) is 8.42 Å². The fraction of sp³-hybridized carbons (Fsp3) is 0.235. The predicted molar refractivity (Wildman–Crippen MR) is 96.4 cm³/mol. The minimum absolute atomic E-state index is 0.289. The topological polar surface area (TPSA) is 49.7 Å². The van der Waals surface area contributed by atoms with Crippen LogP contribution in [-0.2, 0) is 15.8 Å². The highest BCUT2D eigenvalue weighted by molar-refractivity contribution is 8.14. The van der Waals surface area contributed by atoms with Gasteiger partial charge >= 0.3 is 0 Å². The minimum Gasteiger partial charge on any atom is -0.319 e. The molecule has 2 aromatic rings. The molecule has 2 aromatic carbocycles. The maximum absolute atomic E-state index is 12.4. The Labute approximate surface area is 141 Å². The van der Waals surface area contributed by atoms with E-state index in [0.717, 1.165) is 24.2 Å². The lowest BCUT2D eigenvalue weighted by atomic mass is 10.2. The first kappa shape index (κ1) is 16.1. The fourth-order valence-electron chi connectivity index (χ4n) is 2.47. The normalized spacial score (nSPS) is 15.9. The van der Waals surface area contributed by atoms with E-state index >= 15 is 0 Å². The summed E-state index contributed by atoms with van der Waals surface area (Å²) in [5.74, 6) is 0.692. The van der Waals surface area contributed by atoms with E-state index in [0.29, 0.717) is 10.9 Å². The van der Waals surface area contributed by atoms with Crippen LogP contribution in [0.3, 0.4) is 0 Å². The molecule has 1 aliphatic rings. The number of para-hydroxylation sites is 1. The van der Waals surface area contributed by atoms with Gasteiger partial charge in [0.05, 0.1) is 5.69 Å². The van der Waals surface area contributed by atoms with Gasteiger partial charge in [-0.25, -0.2) is 0 Å². The second kappa shape index (κ2) is 6.76. The first-order valence-electron chi connectivity index (χ1n) is 7.50. The van der Waals surface area contributed by atoms with Crippen molar-refractivity contribution < 1.29 is 8.42 Å². The summed E-state index contributed by atoms with van der Waals surface area (Å²) >= 11 is 1.46. The predicted octanol–water partition coefficient (Wildman–Crippen LogP) is 3.89. The molecule has 0 spiro atoms. The van der Waals surface area contributed by atoms with Crippen molar-refractivity contribution in [3.05, 3.63) is 60.2 Å². The summed E-state index contributed by atoms with van der Waals surface area (Å²) in [5.41, 5.74) is 1.87. The molecule has 0 saturated heterocycles. The van der Waals surface area contributed by atoms with Crippen LogP contribution in [0.5, 0.6) is 0 Å². The molecule has 0 bridgehead atoms. The van der Waals surface area contributed by atoms with E-state index in [1.807, 2.05) is 47.4 Å². The molecule has 1 aliphatic heterocycles. The summed E-state index contributed by atoms with van der Waals surface area (Å²) < 4.78 is 28.9. The smallest absolute Gasteiger partial charge is 0.286 e. The Morgan fingerprint density at radius 1 is 1.04 bits per heavy atom. The molecule has 120 valence electrons. The minimum atomic E-state index is -3.62. The molecule has 0 aromatic heterocycles. The first-order valence-corrected chi connectivity index (χ1v) is 9.92. The number of anilines is 1. The summed E-state index contributed by atoms with van der Waals surface area (Å²) in [6.07, 6.45) is 0.916. The monoisotopic (exact) mass is 346 g/mol. The second-order valence-corrected chi connectivity index (χ2v) is 7.76. The van der Waals surface area contributed by atoms with E-state index in [4.69, 9.17) is 0 Å². The van der Waals surface area contributed by atoms with Crippen LogP contribution in [0.15, 0.2) is 63.9 Å². The van der Waals surface area contributed by atoms with Gasteiger partial charge in [0.25, 0.3) is 10.0 Å². The highest BCUT2D eigenvalue weighted by Gasteiger charge is 2.30. The number of sulfonamides is 1. The molecular weight excluding hydrogens is 328 g/mol. The van der Waals surface area contributed by atoms with Crippen molar-refractivity contribution in [3.8, 4) is 0 Å². The van der Waals surface area contributed by atoms with Gasteiger partial charge in [0.15, 0.2) is 5.17 Å². The number of thioether (sulfide) groups is 1. The fourth-order valence-corrected chi connectivity index (χ4v) is 4.90. The van der Waals surface area contributed by atoms with Gasteiger partial charge in [-0.2, -0.15) is 8.42 Å². The van der Waals surface area contributed by atoms with E-state index in [-0.39, 0.29) is 4.90 Å². The van der Waals surface area contributed by atoms with Gasteiger partial charge in [-0.1, -0.05) is 61.2 Å². The lowest BCUT2D eigenvalue weighted by Crippen LogP contribution is -2.34. The molecular formula is C17H18N2O2S2. The number of hydrogen-bond acceptors (Lipinski definition) is 4. The van der Waals surface area contributed by atoms with Crippen molar-refractivity contribution in [2.45, 2.75) is 24.0 Å². The Kier molecular flexibility index (Phi) is 4.73. The Balaban J connectivity index is 1.93. The molecule has 6 heteroatoms. The highest BCUT2D eigenvalue weighted by atomic mass is 32.2. The zero-order valence-electron chi connectivity index (χ0n) is 12.8. The van der Waals surface area contributed by atoms with Crippen molar-refractivity contribution in [2.24, 2.45) is 4.40 Å². The summed E-state index contributed by atoms with van der Waals surface area (Å²) in [5, 5.41) is 0.550. The standard InChI is InChI=1S/C17H18N2O2S2/c1-2-12-19-15-10-6-7-11-16(15)23(20,21)18-17(19)22-13-14-8-4-3-5-9-14/h3-11H,2,12-13H2,1H3. The zero-order valence-corrected chi connectivity index (χ0v) is 14.5. The third-order valence-corrected chi connectivity index (χ3v) is 6.00. The van der Waals surface area contributed by atoms with Gasteiger partial charge < -0.3 is 4.90 Å². The molecule has 1 heterocycles. The third kappa shape index (κ3) is 3.43. The van der Waals surface area contributed by atoms with Crippen LogP contribution in [0.2, 0.25) is 0 Å². The molecule has 0 amide bonds. The Morgan fingerprint density at radius 3 is 2.48 bits per heavy atom. The summed E-state index contributed by atoms with van der Waals surface area (Å²) in [6, 6.07) is 17.1. The van der Waals surface area contributed by atoms with E-state index in [1.54, 1.807) is 12.1 Å². The van der Waals surface area contributed by atoms with Crippen molar-refractivity contribution in [1.29, 1.82) is 0 Å². The van der Waals surface area contributed by atoms with Crippen LogP contribution in [0, 0.1) is 0 Å². The van der Waals surface area contributed by atoms with Gasteiger partial charge in [0.2, 0.25) is 0 Å². The number of fused-ring (bicyclic) bond motifs is 1. The molecule has 0 unspecified atom stereocenters. The van der Waals surface area contributed by atoms with Crippen molar-refractivity contribution in [1.82, 2.24) is 0 Å². The van der Waals surface area contributed by atoms with Crippen LogP contribution < -0.4 is 4.90 Å². The lowest BCUT2D eigenvalue weighted by Gasteiger charge is -2.30. The van der Waals surface area contributed by atoms with Crippen LogP contribution in [0.25, 0.3) is 0 Å². The molecule has 4 nitrogen and oxygen atoms in total. The molecule has 23 heavy (non-hydrogen) atoms. The van der Waals surface area contributed by atoms with Crippen molar-refractivity contribution >= 4 is 32.6 Å². The third-order valence-electron chi connectivity index (χ3n) is 3.52. The molecule has 0 saturated carbocycles. The van der Waals surface area contributed by atoms with E-state index in [1.165, 1.54) is 11.8 Å². The highest BCUT2D eigenvalue weighted by Crippen LogP contribution is 2.34. The number of nitrogens with zero attached hydrogens (tertiary/aromatic N) is 2. The van der Waals surface area contributed by atoms with Crippen LogP contribution >= 0.6 is 11.8 Å². The Hall–Kier alpha value is -1.79. The number of hydrogen-bond donors (Lipinski definition) is 0. The first-order chi connectivity index (χ1) is 11.1. The van der Waals surface area contributed by atoms with Gasteiger partial charge in [0.1, 0.15) is 4.90 Å². The lowest BCUT2D eigenvalue weighted by molar-refractivity contribution is 0.597. The molecule has 3 rings (SSSR count). The average molecular weight is 346 g/mol. The van der Waals surface area contributed by atoms with Crippen LogP contribution in [-0.4, -0.2) is 20.1 Å². The van der Waals surface area contributed by atoms with Crippen LogP contribution in [0.1, 0.15) is 18.9 Å². The maximum atomic E-state index is 12.4. The van der Waals surface area contributed by atoms with Gasteiger partial charge in [0, 0.05) is 12.3 Å². The summed E-state index contributed by atoms with van der Waals surface area (Å²) in [4.78, 5) is 2.29. The average Bonchev–Trinajstić information content (AvgIpc) is 2.57. The molecule has 0 fully saturated rings. The largest absolute Gasteiger partial charge is 0.319 e. The van der Waals surface area contributed by atoms with E-state index < -0.39 is 10.0 Å². The molecule has 0 atom stereocenters. The Morgan fingerprint density at radius 2 is 1.74 bits per heavy atom. The van der Waals surface area contributed by atoms with Crippen molar-refractivity contribution in [2.75, 3.05) is 11.4 Å². The quantitative estimate of drug-likeness (QED) is 0.842. The number of amidine groups is 1. The Bertz CT molecular complexity index is 817. The van der Waals surface area contributed by atoms with Crippen molar-refractivity contribution in [3.63, 3.8) is 0 Å². The zero-order chi connectivity index (χ0) is 16.3. The van der Waals surface area contributed by atoms with Gasteiger partial charge in [-0.15, -0.1) is 4.40 Å². The van der Waals surface area contributed by atoms with Gasteiger partial charge in [-0.3, -0.25) is 0 Å². The van der Waals surface area contributed by atoms with Crippen LogP contribution in [0.4, 0.5) is 5.69 Å².